The summed E-state index contributed by atoms with van der Waals surface area (Å²) in [6.07, 6.45) is 1.57. The number of rotatable bonds is 4. The van der Waals surface area contributed by atoms with Gasteiger partial charge in [-0.3, -0.25) is 4.90 Å². The highest BCUT2D eigenvalue weighted by Crippen LogP contribution is 2.31. The number of carbonyl (C=O) groups is 1. The lowest BCUT2D eigenvalue weighted by atomic mass is 9.92. The number of pyridine rings is 1. The maximum atomic E-state index is 11.9. The molecule has 2 aliphatic heterocycles. The molecule has 0 amide bonds. The van der Waals surface area contributed by atoms with Crippen LogP contribution in [0.15, 0.2) is 24.4 Å². The van der Waals surface area contributed by atoms with E-state index in [9.17, 15) is 4.79 Å². The van der Waals surface area contributed by atoms with Gasteiger partial charge in [-0.05, 0) is 56.5 Å². The number of cyclic esters (lactones) is 1. The van der Waals surface area contributed by atoms with E-state index in [1.807, 2.05) is 26.0 Å². The molecule has 2 atom stereocenters. The second kappa shape index (κ2) is 8.63. The van der Waals surface area contributed by atoms with Gasteiger partial charge in [-0.25, -0.2) is 9.78 Å². The summed E-state index contributed by atoms with van der Waals surface area (Å²) in [4.78, 5) is 18.7. The van der Waals surface area contributed by atoms with Crippen molar-refractivity contribution in [1.82, 2.24) is 30.2 Å². The standard InChI is InChI=1S/C25H27N7O2/c1-14-7-24(27-9-18(14)8-26)32-17(4)22(29-30-32)11-31-10-15(2)28-23(12-31)19-5-6-20-21(16(19)3)13-34-25(20)33/h5-7,9,15,23,28H,10-13H2,1-4H3/t15-,23?/m0/s1. The van der Waals surface area contributed by atoms with Gasteiger partial charge in [0, 0.05) is 43.5 Å². The number of hydrogen-bond donors (Lipinski definition) is 1. The smallest absolute Gasteiger partial charge is 0.338 e. The van der Waals surface area contributed by atoms with Crippen molar-refractivity contribution in [1.29, 1.82) is 5.26 Å². The number of aryl methyl sites for hydroxylation is 1. The molecule has 1 N–H and O–H groups in total. The number of nitrogens with one attached hydrogen (secondary N) is 1. The van der Waals surface area contributed by atoms with E-state index >= 15 is 0 Å². The van der Waals surface area contributed by atoms with Crippen molar-refractivity contribution in [3.05, 3.63) is 69.2 Å². The first-order valence-corrected chi connectivity index (χ1v) is 11.4. The van der Waals surface area contributed by atoms with Crippen LogP contribution in [0, 0.1) is 32.1 Å². The number of benzene rings is 1. The van der Waals surface area contributed by atoms with Crippen LogP contribution in [0.4, 0.5) is 0 Å². The molecule has 5 rings (SSSR count). The minimum absolute atomic E-state index is 0.142. The third-order valence-corrected chi connectivity index (χ3v) is 6.84. The second-order valence-corrected chi connectivity index (χ2v) is 9.20. The van der Waals surface area contributed by atoms with Crippen molar-refractivity contribution >= 4 is 5.97 Å². The summed E-state index contributed by atoms with van der Waals surface area (Å²) in [6, 6.07) is 8.38. The Balaban J connectivity index is 1.36. The molecule has 0 saturated carbocycles. The molecule has 0 spiro atoms. The Morgan fingerprint density at radius 2 is 2.09 bits per heavy atom. The highest BCUT2D eigenvalue weighted by molar-refractivity contribution is 5.94. The van der Waals surface area contributed by atoms with Crippen LogP contribution in [0.2, 0.25) is 0 Å². The van der Waals surface area contributed by atoms with E-state index in [2.05, 4.69) is 51.5 Å². The van der Waals surface area contributed by atoms with Crippen molar-refractivity contribution in [2.45, 2.75) is 52.9 Å². The largest absolute Gasteiger partial charge is 0.457 e. The molecule has 1 saturated heterocycles. The van der Waals surface area contributed by atoms with E-state index in [-0.39, 0.29) is 12.0 Å². The number of carbonyl (C=O) groups excluding carboxylic acids is 1. The van der Waals surface area contributed by atoms with Gasteiger partial charge < -0.3 is 10.1 Å². The van der Waals surface area contributed by atoms with Crippen LogP contribution in [0.3, 0.4) is 0 Å². The van der Waals surface area contributed by atoms with Crippen LogP contribution < -0.4 is 5.32 Å². The third kappa shape index (κ3) is 3.85. The summed E-state index contributed by atoms with van der Waals surface area (Å²) < 4.78 is 6.96. The van der Waals surface area contributed by atoms with Crippen LogP contribution in [-0.2, 0) is 17.9 Å². The monoisotopic (exact) mass is 457 g/mol. The SMILES string of the molecule is Cc1cc(-n2nnc(CN3CC(c4ccc5c(c4C)COC5=O)N[C@@H](C)C3)c2C)ncc1C#N. The molecule has 9 nitrogen and oxygen atoms in total. The number of nitriles is 1. The fraction of sp³-hybridized carbons (Fsp3) is 0.400. The Morgan fingerprint density at radius 3 is 2.85 bits per heavy atom. The van der Waals surface area contributed by atoms with Gasteiger partial charge in [-0.1, -0.05) is 11.3 Å². The number of ether oxygens (including phenoxy) is 1. The predicted molar refractivity (Wildman–Crippen MR) is 124 cm³/mol. The van der Waals surface area contributed by atoms with Gasteiger partial charge in [0.05, 0.1) is 16.8 Å². The highest BCUT2D eigenvalue weighted by Gasteiger charge is 2.30. The van der Waals surface area contributed by atoms with Gasteiger partial charge in [0.25, 0.3) is 0 Å². The molecule has 1 unspecified atom stereocenters. The normalized spacial score (nSPS) is 20.1. The lowest BCUT2D eigenvalue weighted by molar-refractivity contribution is 0.0535. The van der Waals surface area contributed by atoms with Crippen molar-refractivity contribution in [2.24, 2.45) is 0 Å². The highest BCUT2D eigenvalue weighted by atomic mass is 16.5. The number of aromatic nitrogens is 4. The fourth-order valence-corrected chi connectivity index (χ4v) is 4.94. The molecule has 0 bridgehead atoms. The van der Waals surface area contributed by atoms with Crippen LogP contribution in [0.1, 0.15) is 62.5 Å². The topological polar surface area (TPSA) is 109 Å². The van der Waals surface area contributed by atoms with Crippen LogP contribution in [0.5, 0.6) is 0 Å². The molecule has 9 heteroatoms. The Kier molecular flexibility index (Phi) is 5.63. The van der Waals surface area contributed by atoms with Crippen molar-refractivity contribution in [2.75, 3.05) is 13.1 Å². The van der Waals surface area contributed by atoms with Crippen molar-refractivity contribution in [3.8, 4) is 11.9 Å². The number of fused-ring (bicyclic) bond motifs is 1. The summed E-state index contributed by atoms with van der Waals surface area (Å²) >= 11 is 0. The van der Waals surface area contributed by atoms with E-state index < -0.39 is 0 Å². The van der Waals surface area contributed by atoms with Gasteiger partial charge in [-0.15, -0.1) is 5.10 Å². The Labute approximate surface area is 198 Å². The molecule has 1 fully saturated rings. The summed E-state index contributed by atoms with van der Waals surface area (Å²) in [5, 5.41) is 21.7. The van der Waals surface area contributed by atoms with Gasteiger partial charge in [0.15, 0.2) is 5.82 Å². The van der Waals surface area contributed by atoms with Crippen molar-refractivity contribution < 1.29 is 9.53 Å². The summed E-state index contributed by atoms with van der Waals surface area (Å²) in [7, 11) is 0. The number of piperazine rings is 1. The Bertz CT molecular complexity index is 1320. The summed E-state index contributed by atoms with van der Waals surface area (Å²) in [5.74, 6) is 0.423. The average Bonchev–Trinajstić information content (AvgIpc) is 3.37. The number of hydrogen-bond acceptors (Lipinski definition) is 8. The molecule has 4 heterocycles. The molecular formula is C25H27N7O2. The Hall–Kier alpha value is -3.61. The van der Waals surface area contributed by atoms with Gasteiger partial charge in [0.1, 0.15) is 18.4 Å². The lowest BCUT2D eigenvalue weighted by Gasteiger charge is -2.38. The Morgan fingerprint density at radius 1 is 1.26 bits per heavy atom. The minimum Gasteiger partial charge on any atom is -0.457 e. The van der Waals surface area contributed by atoms with Crippen LogP contribution >= 0.6 is 0 Å². The first-order valence-electron chi connectivity index (χ1n) is 11.4. The molecule has 34 heavy (non-hydrogen) atoms. The van der Waals surface area contributed by atoms with Gasteiger partial charge >= 0.3 is 5.97 Å². The van der Waals surface area contributed by atoms with E-state index in [1.54, 1.807) is 10.9 Å². The minimum atomic E-state index is -0.234. The molecule has 1 aromatic carbocycles. The third-order valence-electron chi connectivity index (χ3n) is 6.84. The zero-order valence-electron chi connectivity index (χ0n) is 19.8. The predicted octanol–water partition coefficient (Wildman–Crippen LogP) is 2.66. The quantitative estimate of drug-likeness (QED) is 0.596. The van der Waals surface area contributed by atoms with Crippen LogP contribution in [0.25, 0.3) is 5.82 Å². The van der Waals surface area contributed by atoms with Gasteiger partial charge in [-0.2, -0.15) is 9.94 Å². The maximum absolute atomic E-state index is 11.9. The molecule has 0 radical (unpaired) electrons. The van der Waals surface area contributed by atoms with Crippen LogP contribution in [-0.4, -0.2) is 50.0 Å². The molecule has 2 aliphatic rings. The van der Waals surface area contributed by atoms with E-state index in [0.29, 0.717) is 36.1 Å². The molecule has 3 aromatic rings. The zero-order chi connectivity index (χ0) is 24.0. The lowest BCUT2D eigenvalue weighted by Crippen LogP contribution is -2.50. The van der Waals surface area contributed by atoms with Gasteiger partial charge in [0.2, 0.25) is 0 Å². The number of nitrogens with zero attached hydrogens (tertiary/aromatic N) is 6. The van der Waals surface area contributed by atoms with E-state index in [4.69, 9.17) is 10.00 Å². The molecule has 174 valence electrons. The maximum Gasteiger partial charge on any atom is 0.338 e. The first kappa shape index (κ1) is 22.2. The zero-order valence-corrected chi connectivity index (χ0v) is 19.8. The van der Waals surface area contributed by atoms with E-state index in [1.165, 1.54) is 5.56 Å². The van der Waals surface area contributed by atoms with Crippen molar-refractivity contribution in [3.63, 3.8) is 0 Å². The molecular weight excluding hydrogens is 430 g/mol. The number of esters is 1. The fourth-order valence-electron chi connectivity index (χ4n) is 4.94. The first-order chi connectivity index (χ1) is 16.4. The average molecular weight is 458 g/mol. The second-order valence-electron chi connectivity index (χ2n) is 9.20. The molecule has 0 aliphatic carbocycles. The summed E-state index contributed by atoms with van der Waals surface area (Å²) in [6.45, 7) is 10.9. The van der Waals surface area contributed by atoms with E-state index in [0.717, 1.165) is 41.2 Å². The molecule has 2 aromatic heterocycles. The summed E-state index contributed by atoms with van der Waals surface area (Å²) in [5.41, 5.74) is 7.26.